The summed E-state index contributed by atoms with van der Waals surface area (Å²) in [5.74, 6) is 0.669. The van der Waals surface area contributed by atoms with Crippen molar-refractivity contribution in [2.45, 2.75) is 50.0 Å². The van der Waals surface area contributed by atoms with E-state index in [-0.39, 0.29) is 10.6 Å². The van der Waals surface area contributed by atoms with Crippen LogP contribution in [0, 0.1) is 5.92 Å². The summed E-state index contributed by atoms with van der Waals surface area (Å²) >= 11 is 0. The molecule has 6 heteroatoms. The van der Waals surface area contributed by atoms with Gasteiger partial charge >= 0.3 is 0 Å². The van der Waals surface area contributed by atoms with Crippen molar-refractivity contribution in [3.63, 3.8) is 0 Å². The van der Waals surface area contributed by atoms with Crippen molar-refractivity contribution < 1.29 is 8.42 Å². The Morgan fingerprint density at radius 2 is 1.90 bits per heavy atom. The first-order valence-electron chi connectivity index (χ1n) is 7.07. The molecule has 1 unspecified atom stereocenters. The topological polar surface area (TPSA) is 98.2 Å². The highest BCUT2D eigenvalue weighted by atomic mass is 32.2. The second kappa shape index (κ2) is 6.01. The van der Waals surface area contributed by atoms with Gasteiger partial charge in [-0.3, -0.25) is 0 Å². The summed E-state index contributed by atoms with van der Waals surface area (Å²) in [6.45, 7) is 2.17. The van der Waals surface area contributed by atoms with Crippen LogP contribution in [0.5, 0.6) is 0 Å². The highest BCUT2D eigenvalue weighted by Crippen LogP contribution is 2.29. The molecule has 20 heavy (non-hydrogen) atoms. The molecule has 112 valence electrons. The number of rotatable bonds is 4. The molecule has 1 aromatic carbocycles. The van der Waals surface area contributed by atoms with Crippen molar-refractivity contribution in [1.29, 1.82) is 0 Å². The number of nitrogen functional groups attached to an aromatic ring is 1. The van der Waals surface area contributed by atoms with Gasteiger partial charge in [-0.1, -0.05) is 19.3 Å². The smallest absolute Gasteiger partial charge is 0.240 e. The standard InChI is InChI=1S/C14H23N3O2S/c1-10(11-5-3-2-4-6-11)17-12-7-8-14(13(15)9-12)20(16,18)19/h7-11,17H,2-6,15H2,1H3,(H2,16,18,19). The zero-order chi connectivity index (χ0) is 14.8. The maximum absolute atomic E-state index is 11.3. The van der Waals surface area contributed by atoms with E-state index < -0.39 is 10.0 Å². The van der Waals surface area contributed by atoms with Crippen molar-refractivity contribution in [2.75, 3.05) is 11.1 Å². The lowest BCUT2D eigenvalue weighted by molar-refractivity contribution is 0.328. The molecule has 1 aliphatic carbocycles. The van der Waals surface area contributed by atoms with Crippen LogP contribution in [-0.4, -0.2) is 14.5 Å². The number of nitrogens with two attached hydrogens (primary N) is 2. The molecule has 0 bridgehead atoms. The molecule has 2 rings (SSSR count). The predicted molar refractivity (Wildman–Crippen MR) is 81.9 cm³/mol. The monoisotopic (exact) mass is 297 g/mol. The zero-order valence-corrected chi connectivity index (χ0v) is 12.6. The van der Waals surface area contributed by atoms with Crippen LogP contribution in [0.25, 0.3) is 0 Å². The number of primary sulfonamides is 1. The van der Waals surface area contributed by atoms with E-state index in [0.29, 0.717) is 12.0 Å². The van der Waals surface area contributed by atoms with Crippen molar-refractivity contribution >= 4 is 21.4 Å². The second-order valence-electron chi connectivity index (χ2n) is 5.63. The molecular weight excluding hydrogens is 274 g/mol. The first kappa shape index (κ1) is 15.1. The summed E-state index contributed by atoms with van der Waals surface area (Å²) < 4.78 is 22.6. The maximum Gasteiger partial charge on any atom is 0.240 e. The maximum atomic E-state index is 11.3. The van der Waals surface area contributed by atoms with Gasteiger partial charge in [0.25, 0.3) is 0 Å². The molecule has 1 saturated carbocycles. The summed E-state index contributed by atoms with van der Waals surface area (Å²) in [4.78, 5) is -0.0200. The van der Waals surface area contributed by atoms with Crippen molar-refractivity contribution in [2.24, 2.45) is 11.1 Å². The van der Waals surface area contributed by atoms with Gasteiger partial charge in [-0.25, -0.2) is 13.6 Å². The van der Waals surface area contributed by atoms with Gasteiger partial charge in [-0.15, -0.1) is 0 Å². The van der Waals surface area contributed by atoms with Crippen LogP contribution in [0.1, 0.15) is 39.0 Å². The molecule has 1 atom stereocenters. The summed E-state index contributed by atoms with van der Waals surface area (Å²) in [5.41, 5.74) is 6.79. The van der Waals surface area contributed by atoms with Crippen LogP contribution in [0.4, 0.5) is 11.4 Å². The molecule has 0 heterocycles. The van der Waals surface area contributed by atoms with E-state index in [1.54, 1.807) is 12.1 Å². The Bertz CT molecular complexity index is 566. The number of sulfonamides is 1. The van der Waals surface area contributed by atoms with Crippen LogP contribution in [0.2, 0.25) is 0 Å². The predicted octanol–water partition coefficient (Wildman–Crippen LogP) is 2.30. The third kappa shape index (κ3) is 3.64. The van der Waals surface area contributed by atoms with Gasteiger partial charge in [0.2, 0.25) is 10.0 Å². The quantitative estimate of drug-likeness (QED) is 0.743. The number of hydrogen-bond acceptors (Lipinski definition) is 4. The fraction of sp³-hybridized carbons (Fsp3) is 0.571. The SMILES string of the molecule is CC(Nc1ccc(S(N)(=O)=O)c(N)c1)C1CCCCC1. The Balaban J connectivity index is 2.08. The molecule has 0 aliphatic heterocycles. The average molecular weight is 297 g/mol. The molecule has 1 aromatic rings. The Labute approximate surface area is 120 Å². The minimum absolute atomic E-state index is 0.0200. The van der Waals surface area contributed by atoms with E-state index in [1.807, 2.05) is 0 Å². The van der Waals surface area contributed by atoms with E-state index in [4.69, 9.17) is 10.9 Å². The van der Waals surface area contributed by atoms with Gasteiger partial charge in [0.1, 0.15) is 4.90 Å². The fourth-order valence-corrected chi connectivity index (χ4v) is 3.56. The molecule has 0 saturated heterocycles. The number of hydrogen-bond donors (Lipinski definition) is 3. The van der Waals surface area contributed by atoms with E-state index in [0.717, 1.165) is 5.69 Å². The van der Waals surface area contributed by atoms with Gasteiger partial charge in [0.15, 0.2) is 0 Å². The van der Waals surface area contributed by atoms with Gasteiger partial charge in [-0.05, 0) is 43.9 Å². The van der Waals surface area contributed by atoms with Crippen molar-refractivity contribution in [3.05, 3.63) is 18.2 Å². The Hall–Kier alpha value is -1.27. The zero-order valence-electron chi connectivity index (χ0n) is 11.8. The van der Waals surface area contributed by atoms with Crippen molar-refractivity contribution in [1.82, 2.24) is 0 Å². The Morgan fingerprint density at radius 3 is 2.45 bits per heavy atom. The van der Waals surface area contributed by atoms with Crippen LogP contribution >= 0.6 is 0 Å². The molecule has 1 aliphatic rings. The highest BCUT2D eigenvalue weighted by Gasteiger charge is 2.20. The highest BCUT2D eigenvalue weighted by molar-refractivity contribution is 7.89. The van der Waals surface area contributed by atoms with Gasteiger partial charge in [0, 0.05) is 11.7 Å². The number of benzene rings is 1. The minimum atomic E-state index is -3.75. The summed E-state index contributed by atoms with van der Waals surface area (Å²) in [6.07, 6.45) is 6.42. The lowest BCUT2D eigenvalue weighted by atomic mass is 9.84. The van der Waals surface area contributed by atoms with Crippen LogP contribution in [-0.2, 0) is 10.0 Å². The third-order valence-corrected chi connectivity index (χ3v) is 5.05. The second-order valence-corrected chi connectivity index (χ2v) is 7.16. The van der Waals surface area contributed by atoms with Crippen molar-refractivity contribution in [3.8, 4) is 0 Å². The van der Waals surface area contributed by atoms with Gasteiger partial charge in [-0.2, -0.15) is 0 Å². The first-order chi connectivity index (χ1) is 9.38. The molecule has 1 fully saturated rings. The largest absolute Gasteiger partial charge is 0.398 e. The molecular formula is C14H23N3O2S. The molecule has 0 aromatic heterocycles. The average Bonchev–Trinajstić information content (AvgIpc) is 2.38. The lowest BCUT2D eigenvalue weighted by Crippen LogP contribution is -2.27. The van der Waals surface area contributed by atoms with Gasteiger partial charge in [0.05, 0.1) is 5.69 Å². The van der Waals surface area contributed by atoms with E-state index in [1.165, 1.54) is 38.2 Å². The minimum Gasteiger partial charge on any atom is -0.398 e. The number of nitrogens with one attached hydrogen (secondary N) is 1. The van der Waals surface area contributed by atoms with Crippen LogP contribution < -0.4 is 16.2 Å². The molecule has 5 N–H and O–H groups in total. The normalized spacial score (nSPS) is 18.7. The lowest BCUT2D eigenvalue weighted by Gasteiger charge is -2.29. The molecule has 0 spiro atoms. The Morgan fingerprint density at radius 1 is 1.25 bits per heavy atom. The van der Waals surface area contributed by atoms with Crippen LogP contribution in [0.15, 0.2) is 23.1 Å². The van der Waals surface area contributed by atoms with E-state index >= 15 is 0 Å². The number of anilines is 2. The summed E-state index contributed by atoms with van der Waals surface area (Å²) in [5, 5.41) is 8.51. The van der Waals surface area contributed by atoms with Crippen LogP contribution in [0.3, 0.4) is 0 Å². The fourth-order valence-electron chi connectivity index (χ4n) is 2.91. The first-order valence-corrected chi connectivity index (χ1v) is 8.61. The third-order valence-electron chi connectivity index (χ3n) is 4.07. The van der Waals surface area contributed by atoms with Gasteiger partial charge < -0.3 is 11.1 Å². The van der Waals surface area contributed by atoms with E-state index in [9.17, 15) is 8.42 Å². The van der Waals surface area contributed by atoms with E-state index in [2.05, 4.69) is 12.2 Å². The molecule has 5 nitrogen and oxygen atoms in total. The summed E-state index contributed by atoms with van der Waals surface area (Å²) in [7, 11) is -3.75. The summed E-state index contributed by atoms with van der Waals surface area (Å²) in [6, 6.07) is 5.17. The molecule has 0 amide bonds. The molecule has 0 radical (unpaired) electrons. The Kier molecular flexibility index (Phi) is 4.55.